The van der Waals surface area contributed by atoms with Crippen molar-refractivity contribution in [3.05, 3.63) is 58.1 Å². The summed E-state index contributed by atoms with van der Waals surface area (Å²) < 4.78 is 16.7. The minimum atomic E-state index is -0.172. The van der Waals surface area contributed by atoms with Crippen molar-refractivity contribution < 1.29 is 4.39 Å². The number of hydrogen-bond donors (Lipinski definition) is 1. The molecule has 1 N–H and O–H groups in total. The monoisotopic (exact) mass is 338 g/mol. The van der Waals surface area contributed by atoms with E-state index >= 15 is 0 Å². The van der Waals surface area contributed by atoms with Gasteiger partial charge in [0, 0.05) is 28.5 Å². The van der Waals surface area contributed by atoms with Gasteiger partial charge in [-0.05, 0) is 36.7 Å². The average Bonchev–Trinajstić information content (AvgIpc) is 2.80. The summed E-state index contributed by atoms with van der Waals surface area (Å²) in [6, 6.07) is 9.28. The van der Waals surface area contributed by atoms with Gasteiger partial charge in [0.25, 0.3) is 0 Å². The molecule has 1 heterocycles. The maximum Gasteiger partial charge on any atom is 0.129 e. The van der Waals surface area contributed by atoms with Crippen LogP contribution in [0.2, 0.25) is 0 Å². The van der Waals surface area contributed by atoms with E-state index in [-0.39, 0.29) is 5.82 Å². The number of aromatic nitrogens is 1. The number of benzene rings is 1. The molecular weight excluding hydrogens is 319 g/mol. The molecule has 0 aliphatic rings. The van der Waals surface area contributed by atoms with Crippen molar-refractivity contribution in [1.29, 1.82) is 0 Å². The second-order valence-electron chi connectivity index (χ2n) is 5.39. The fourth-order valence-corrected chi connectivity index (χ4v) is 2.42. The Morgan fingerprint density at radius 3 is 2.80 bits per heavy atom. The van der Waals surface area contributed by atoms with Gasteiger partial charge in [0.1, 0.15) is 5.82 Å². The molecule has 0 saturated carbocycles. The highest BCUT2D eigenvalue weighted by atomic mass is 79.9. The minimum absolute atomic E-state index is 0.172. The van der Waals surface area contributed by atoms with Crippen LogP contribution in [-0.4, -0.2) is 11.1 Å². The summed E-state index contributed by atoms with van der Waals surface area (Å²) in [5.74, 6) is 0.455. The molecule has 108 valence electrons. The average molecular weight is 339 g/mol. The van der Waals surface area contributed by atoms with Crippen LogP contribution in [0.5, 0.6) is 0 Å². The molecule has 1 aromatic carbocycles. The number of rotatable bonds is 6. The van der Waals surface area contributed by atoms with Crippen molar-refractivity contribution in [2.75, 3.05) is 6.54 Å². The Balaban J connectivity index is 2.04. The molecule has 0 fully saturated rings. The Hall–Kier alpha value is -1.13. The first-order chi connectivity index (χ1) is 9.56. The lowest BCUT2D eigenvalue weighted by Crippen LogP contribution is -2.21. The van der Waals surface area contributed by atoms with E-state index in [0.29, 0.717) is 18.0 Å². The molecule has 4 heteroatoms. The van der Waals surface area contributed by atoms with Crippen LogP contribution in [0.4, 0.5) is 4.39 Å². The van der Waals surface area contributed by atoms with Crippen LogP contribution in [0.15, 0.2) is 41.0 Å². The highest BCUT2D eigenvalue weighted by molar-refractivity contribution is 9.10. The Labute approximate surface area is 128 Å². The fraction of sp³-hybridized carbons (Fsp3) is 0.375. The van der Waals surface area contributed by atoms with Crippen molar-refractivity contribution in [3.8, 4) is 0 Å². The molecule has 2 aromatic rings. The normalized spacial score (nSPS) is 11.2. The van der Waals surface area contributed by atoms with E-state index < -0.39 is 0 Å². The molecule has 20 heavy (non-hydrogen) atoms. The lowest BCUT2D eigenvalue weighted by atomic mass is 10.2. The number of nitrogens with zero attached hydrogens (tertiary/aromatic N) is 1. The third kappa shape index (κ3) is 4.18. The van der Waals surface area contributed by atoms with Gasteiger partial charge >= 0.3 is 0 Å². The molecule has 2 rings (SSSR count). The summed E-state index contributed by atoms with van der Waals surface area (Å²) >= 11 is 3.28. The first kappa shape index (κ1) is 15.3. The number of nitrogens with one attached hydrogen (secondary N) is 1. The first-order valence-corrected chi connectivity index (χ1v) is 7.64. The number of hydrogen-bond acceptors (Lipinski definition) is 1. The van der Waals surface area contributed by atoms with Crippen LogP contribution < -0.4 is 5.32 Å². The molecule has 0 spiro atoms. The molecule has 0 atom stereocenters. The predicted molar refractivity (Wildman–Crippen MR) is 84.2 cm³/mol. The van der Waals surface area contributed by atoms with E-state index in [1.54, 1.807) is 0 Å². The van der Waals surface area contributed by atoms with Gasteiger partial charge in [-0.3, -0.25) is 0 Å². The van der Waals surface area contributed by atoms with Crippen molar-refractivity contribution in [1.82, 2.24) is 9.88 Å². The molecule has 0 saturated heterocycles. The fourth-order valence-electron chi connectivity index (χ4n) is 2.09. The van der Waals surface area contributed by atoms with Crippen LogP contribution in [0, 0.1) is 11.7 Å². The zero-order valence-electron chi connectivity index (χ0n) is 11.9. The molecule has 0 unspecified atom stereocenters. The van der Waals surface area contributed by atoms with Crippen LogP contribution in [-0.2, 0) is 13.1 Å². The third-order valence-electron chi connectivity index (χ3n) is 3.14. The van der Waals surface area contributed by atoms with Gasteiger partial charge < -0.3 is 9.88 Å². The third-order valence-corrected chi connectivity index (χ3v) is 3.63. The molecule has 1 aromatic heterocycles. The van der Waals surface area contributed by atoms with Gasteiger partial charge in [0.15, 0.2) is 0 Å². The van der Waals surface area contributed by atoms with Crippen molar-refractivity contribution in [3.63, 3.8) is 0 Å². The Morgan fingerprint density at radius 1 is 1.30 bits per heavy atom. The molecule has 0 aliphatic carbocycles. The second kappa shape index (κ2) is 7.04. The highest BCUT2D eigenvalue weighted by Crippen LogP contribution is 2.17. The second-order valence-corrected chi connectivity index (χ2v) is 6.30. The van der Waals surface area contributed by atoms with Crippen LogP contribution >= 0.6 is 15.9 Å². The molecule has 0 radical (unpaired) electrons. The Bertz CT molecular complexity index is 563. The van der Waals surface area contributed by atoms with Gasteiger partial charge in [-0.1, -0.05) is 35.8 Å². The largest absolute Gasteiger partial charge is 0.346 e. The first-order valence-electron chi connectivity index (χ1n) is 6.85. The van der Waals surface area contributed by atoms with Gasteiger partial charge in [0.2, 0.25) is 0 Å². The van der Waals surface area contributed by atoms with Crippen molar-refractivity contribution in [2.45, 2.75) is 26.9 Å². The molecular formula is C16H20BrFN2. The van der Waals surface area contributed by atoms with E-state index in [1.165, 1.54) is 11.8 Å². The van der Waals surface area contributed by atoms with Gasteiger partial charge in [-0.2, -0.15) is 0 Å². The van der Waals surface area contributed by atoms with E-state index in [2.05, 4.69) is 45.7 Å². The highest BCUT2D eigenvalue weighted by Gasteiger charge is 2.06. The summed E-state index contributed by atoms with van der Waals surface area (Å²) in [4.78, 5) is 0. The van der Waals surface area contributed by atoms with Crippen molar-refractivity contribution >= 4 is 15.9 Å². The van der Waals surface area contributed by atoms with Gasteiger partial charge in [-0.15, -0.1) is 0 Å². The standard InChI is InChI=1S/C16H20BrFN2/c1-12(2)9-19-10-15-4-3-7-20(15)11-13-5-6-14(17)8-16(13)18/h3-8,12,19H,9-11H2,1-2H3. The quantitative estimate of drug-likeness (QED) is 0.835. The van der Waals surface area contributed by atoms with E-state index in [4.69, 9.17) is 0 Å². The molecule has 2 nitrogen and oxygen atoms in total. The zero-order valence-corrected chi connectivity index (χ0v) is 13.5. The van der Waals surface area contributed by atoms with E-state index in [9.17, 15) is 4.39 Å². The van der Waals surface area contributed by atoms with Crippen molar-refractivity contribution in [2.24, 2.45) is 5.92 Å². The summed E-state index contributed by atoms with van der Waals surface area (Å²) in [6.07, 6.45) is 1.99. The summed E-state index contributed by atoms with van der Waals surface area (Å²) in [6.45, 7) is 6.72. The lowest BCUT2D eigenvalue weighted by Gasteiger charge is -2.12. The topological polar surface area (TPSA) is 17.0 Å². The molecule has 0 amide bonds. The summed E-state index contributed by atoms with van der Waals surface area (Å²) in [7, 11) is 0. The van der Waals surface area contributed by atoms with E-state index in [0.717, 1.165) is 17.6 Å². The van der Waals surface area contributed by atoms with Crippen LogP contribution in [0.1, 0.15) is 25.1 Å². The van der Waals surface area contributed by atoms with Gasteiger partial charge in [0.05, 0.1) is 6.54 Å². The smallest absolute Gasteiger partial charge is 0.129 e. The molecule has 0 aliphatic heterocycles. The lowest BCUT2D eigenvalue weighted by molar-refractivity contribution is 0.536. The maximum absolute atomic E-state index is 13.9. The van der Waals surface area contributed by atoms with Crippen LogP contribution in [0.25, 0.3) is 0 Å². The minimum Gasteiger partial charge on any atom is -0.346 e. The maximum atomic E-state index is 13.9. The summed E-state index contributed by atoms with van der Waals surface area (Å²) in [5.41, 5.74) is 1.88. The van der Waals surface area contributed by atoms with Gasteiger partial charge in [-0.25, -0.2) is 4.39 Å². The number of halogens is 2. The molecule has 0 bridgehead atoms. The van der Waals surface area contributed by atoms with Crippen LogP contribution in [0.3, 0.4) is 0 Å². The zero-order chi connectivity index (χ0) is 14.5. The predicted octanol–water partition coefficient (Wildman–Crippen LogP) is 4.18. The Morgan fingerprint density at radius 2 is 2.10 bits per heavy atom. The van der Waals surface area contributed by atoms with E-state index in [1.807, 2.05) is 24.4 Å². The summed E-state index contributed by atoms with van der Waals surface area (Å²) in [5, 5.41) is 3.42. The SMILES string of the molecule is CC(C)CNCc1cccn1Cc1ccc(Br)cc1F. The Kier molecular flexibility index (Phi) is 5.38.